The van der Waals surface area contributed by atoms with E-state index >= 15 is 0 Å². The van der Waals surface area contributed by atoms with Gasteiger partial charge in [-0.1, -0.05) is 0 Å². The van der Waals surface area contributed by atoms with Gasteiger partial charge in [0.05, 0.1) is 12.7 Å². The van der Waals surface area contributed by atoms with Crippen LogP contribution in [0.5, 0.6) is 5.75 Å². The highest BCUT2D eigenvalue weighted by molar-refractivity contribution is 6.44. The molecular formula is C17H19N3O4. The first-order chi connectivity index (χ1) is 11.5. The standard InChI is InChI=1S/C17H19N3O4/c1-11(21)19-5-7-20(8-6-19)17(23)16(22)14-10-18-15-4-3-12(24-2)9-13(14)15/h3-4,9-10,18H,5-8H2,1-2H3. The third-order valence-electron chi connectivity index (χ3n) is 4.34. The molecule has 7 heteroatoms. The number of hydrogen-bond donors (Lipinski definition) is 1. The number of amides is 2. The largest absolute Gasteiger partial charge is 0.497 e. The van der Waals surface area contributed by atoms with E-state index in [-0.39, 0.29) is 5.91 Å². The number of H-pyrrole nitrogens is 1. The summed E-state index contributed by atoms with van der Waals surface area (Å²) < 4.78 is 5.18. The predicted molar refractivity (Wildman–Crippen MR) is 88.0 cm³/mol. The second kappa shape index (κ2) is 6.35. The Hall–Kier alpha value is -2.83. The van der Waals surface area contributed by atoms with Gasteiger partial charge in [-0.3, -0.25) is 14.4 Å². The number of rotatable bonds is 3. The number of benzene rings is 1. The molecule has 1 N–H and O–H groups in total. The fraction of sp³-hybridized carbons (Fsp3) is 0.353. The Bertz CT molecular complexity index is 803. The predicted octanol–water partition coefficient (Wildman–Crippen LogP) is 1.05. The normalized spacial score (nSPS) is 14.8. The van der Waals surface area contributed by atoms with E-state index in [4.69, 9.17) is 4.74 Å². The van der Waals surface area contributed by atoms with Crippen LogP contribution < -0.4 is 4.74 Å². The number of nitrogens with one attached hydrogen (secondary N) is 1. The topological polar surface area (TPSA) is 82.7 Å². The van der Waals surface area contributed by atoms with Crippen LogP contribution in [0.25, 0.3) is 10.9 Å². The van der Waals surface area contributed by atoms with Gasteiger partial charge in [0.15, 0.2) is 0 Å². The van der Waals surface area contributed by atoms with Gasteiger partial charge in [-0.2, -0.15) is 0 Å². The average Bonchev–Trinajstić information content (AvgIpc) is 3.03. The van der Waals surface area contributed by atoms with Crippen molar-refractivity contribution in [2.24, 2.45) is 0 Å². The molecule has 0 saturated carbocycles. The molecule has 0 atom stereocenters. The molecule has 7 nitrogen and oxygen atoms in total. The van der Waals surface area contributed by atoms with Gasteiger partial charge in [0, 0.05) is 50.2 Å². The third-order valence-corrected chi connectivity index (χ3v) is 4.34. The van der Waals surface area contributed by atoms with Crippen molar-refractivity contribution >= 4 is 28.5 Å². The van der Waals surface area contributed by atoms with E-state index in [0.29, 0.717) is 42.9 Å². The van der Waals surface area contributed by atoms with Crippen molar-refractivity contribution in [2.45, 2.75) is 6.92 Å². The lowest BCUT2D eigenvalue weighted by Crippen LogP contribution is -2.51. The number of carbonyl (C=O) groups excluding carboxylic acids is 3. The Labute approximate surface area is 139 Å². The van der Waals surface area contributed by atoms with Gasteiger partial charge in [0.2, 0.25) is 5.91 Å². The monoisotopic (exact) mass is 329 g/mol. The molecule has 0 unspecified atom stereocenters. The quantitative estimate of drug-likeness (QED) is 0.674. The second-order valence-corrected chi connectivity index (χ2v) is 5.74. The van der Waals surface area contributed by atoms with Crippen LogP contribution in [0, 0.1) is 0 Å². The number of carbonyl (C=O) groups is 3. The van der Waals surface area contributed by atoms with Crippen molar-refractivity contribution in [1.82, 2.24) is 14.8 Å². The fourth-order valence-corrected chi connectivity index (χ4v) is 2.90. The minimum atomic E-state index is -0.550. The molecule has 2 aromatic rings. The van der Waals surface area contributed by atoms with Crippen molar-refractivity contribution < 1.29 is 19.1 Å². The molecule has 2 amide bonds. The number of aromatic nitrogens is 1. The number of Topliss-reactive ketones (excluding diaryl/α,β-unsaturated/α-hetero) is 1. The smallest absolute Gasteiger partial charge is 0.295 e. The summed E-state index contributed by atoms with van der Waals surface area (Å²) in [5, 5.41) is 0.662. The number of piperazine rings is 1. The first kappa shape index (κ1) is 16.0. The summed E-state index contributed by atoms with van der Waals surface area (Å²) in [5.41, 5.74) is 1.11. The Kier molecular flexibility index (Phi) is 4.24. The van der Waals surface area contributed by atoms with Gasteiger partial charge >= 0.3 is 0 Å². The minimum absolute atomic E-state index is 0.0165. The van der Waals surface area contributed by atoms with E-state index in [1.54, 1.807) is 36.4 Å². The number of fused-ring (bicyclic) bond motifs is 1. The fourth-order valence-electron chi connectivity index (χ4n) is 2.90. The van der Waals surface area contributed by atoms with Gasteiger partial charge in [0.1, 0.15) is 5.75 Å². The molecule has 1 aliphatic heterocycles. The lowest BCUT2D eigenvalue weighted by molar-refractivity contribution is -0.135. The first-order valence-corrected chi connectivity index (χ1v) is 7.75. The van der Waals surface area contributed by atoms with Crippen LogP contribution in [0.1, 0.15) is 17.3 Å². The molecule has 1 saturated heterocycles. The Morgan fingerprint density at radius 3 is 2.38 bits per heavy atom. The summed E-state index contributed by atoms with van der Waals surface area (Å²) in [6.07, 6.45) is 1.55. The lowest BCUT2D eigenvalue weighted by atomic mass is 10.1. The van der Waals surface area contributed by atoms with E-state index < -0.39 is 11.7 Å². The van der Waals surface area contributed by atoms with Crippen LogP contribution in [0.15, 0.2) is 24.4 Å². The summed E-state index contributed by atoms with van der Waals surface area (Å²) in [6.45, 7) is 3.15. The van der Waals surface area contributed by atoms with Crippen LogP contribution in [0.2, 0.25) is 0 Å². The SMILES string of the molecule is COc1ccc2[nH]cc(C(=O)C(=O)N3CCN(C(C)=O)CC3)c2c1. The van der Waals surface area contributed by atoms with Gasteiger partial charge in [0.25, 0.3) is 11.7 Å². The second-order valence-electron chi connectivity index (χ2n) is 5.74. The number of hydrogen-bond acceptors (Lipinski definition) is 4. The number of methoxy groups -OCH3 is 1. The first-order valence-electron chi connectivity index (χ1n) is 7.75. The molecule has 0 bridgehead atoms. The molecule has 126 valence electrons. The maximum absolute atomic E-state index is 12.6. The van der Waals surface area contributed by atoms with Crippen LogP contribution >= 0.6 is 0 Å². The summed E-state index contributed by atoms with van der Waals surface area (Å²) in [5.74, 6) is -0.483. The summed E-state index contributed by atoms with van der Waals surface area (Å²) in [4.78, 5) is 42.6. The number of ketones is 1. The van der Waals surface area contributed by atoms with Crippen molar-refractivity contribution in [1.29, 1.82) is 0 Å². The Morgan fingerprint density at radius 2 is 1.75 bits per heavy atom. The van der Waals surface area contributed by atoms with Crippen molar-refractivity contribution in [3.05, 3.63) is 30.0 Å². The highest BCUT2D eigenvalue weighted by Gasteiger charge is 2.28. The van der Waals surface area contributed by atoms with Crippen LogP contribution in [-0.4, -0.2) is 65.7 Å². The van der Waals surface area contributed by atoms with Crippen molar-refractivity contribution in [2.75, 3.05) is 33.3 Å². The van der Waals surface area contributed by atoms with Crippen molar-refractivity contribution in [3.8, 4) is 5.75 Å². The van der Waals surface area contributed by atoms with Crippen LogP contribution in [0.3, 0.4) is 0 Å². The van der Waals surface area contributed by atoms with E-state index in [0.717, 1.165) is 5.52 Å². The molecule has 1 aromatic carbocycles. The number of ether oxygens (including phenoxy) is 1. The molecule has 0 spiro atoms. The molecule has 1 fully saturated rings. The molecule has 2 heterocycles. The highest BCUT2D eigenvalue weighted by Crippen LogP contribution is 2.24. The van der Waals surface area contributed by atoms with Gasteiger partial charge in [-0.15, -0.1) is 0 Å². The molecular weight excluding hydrogens is 310 g/mol. The maximum Gasteiger partial charge on any atom is 0.295 e. The Balaban J connectivity index is 1.79. The third kappa shape index (κ3) is 2.84. The molecule has 3 rings (SSSR count). The van der Waals surface area contributed by atoms with Gasteiger partial charge in [-0.05, 0) is 18.2 Å². The van der Waals surface area contributed by atoms with Crippen LogP contribution in [0.4, 0.5) is 0 Å². The van der Waals surface area contributed by atoms with E-state index in [1.807, 2.05) is 0 Å². The highest BCUT2D eigenvalue weighted by atomic mass is 16.5. The minimum Gasteiger partial charge on any atom is -0.497 e. The molecule has 0 aliphatic carbocycles. The van der Waals surface area contributed by atoms with E-state index in [2.05, 4.69) is 4.98 Å². The lowest BCUT2D eigenvalue weighted by Gasteiger charge is -2.33. The van der Waals surface area contributed by atoms with Gasteiger partial charge < -0.3 is 19.5 Å². The van der Waals surface area contributed by atoms with E-state index in [9.17, 15) is 14.4 Å². The van der Waals surface area contributed by atoms with Crippen molar-refractivity contribution in [3.63, 3.8) is 0 Å². The molecule has 0 radical (unpaired) electrons. The Morgan fingerprint density at radius 1 is 1.08 bits per heavy atom. The van der Waals surface area contributed by atoms with E-state index in [1.165, 1.54) is 11.8 Å². The molecule has 1 aliphatic rings. The van der Waals surface area contributed by atoms with Crippen LogP contribution in [-0.2, 0) is 9.59 Å². The zero-order valence-electron chi connectivity index (χ0n) is 13.7. The molecule has 1 aromatic heterocycles. The maximum atomic E-state index is 12.6. The summed E-state index contributed by atoms with van der Waals surface area (Å²) >= 11 is 0. The average molecular weight is 329 g/mol. The molecule has 24 heavy (non-hydrogen) atoms. The number of nitrogens with zero attached hydrogens (tertiary/aromatic N) is 2. The zero-order valence-corrected chi connectivity index (χ0v) is 13.7. The summed E-state index contributed by atoms with van der Waals surface area (Å²) in [6, 6.07) is 5.33. The zero-order chi connectivity index (χ0) is 17.3. The van der Waals surface area contributed by atoms with Gasteiger partial charge in [-0.25, -0.2) is 0 Å². The summed E-state index contributed by atoms with van der Waals surface area (Å²) in [7, 11) is 1.55. The number of aromatic amines is 1.